The zero-order chi connectivity index (χ0) is 19.8. The monoisotopic (exact) mass is 379 g/mol. The number of aromatic nitrogens is 2. The molecule has 142 valence electrons. The van der Waals surface area contributed by atoms with Gasteiger partial charge in [-0.1, -0.05) is 66.2 Å². The summed E-state index contributed by atoms with van der Waals surface area (Å²) in [6.45, 7) is 4.15. The molecule has 0 spiro atoms. The fourth-order valence-electron chi connectivity index (χ4n) is 3.61. The fraction of sp³-hybridized carbons (Fsp3) is 0.120. The van der Waals surface area contributed by atoms with Crippen molar-refractivity contribution in [2.45, 2.75) is 20.3 Å². The lowest BCUT2D eigenvalue weighted by Gasteiger charge is -2.17. The van der Waals surface area contributed by atoms with Gasteiger partial charge in [-0.15, -0.1) is 5.10 Å². The third kappa shape index (κ3) is 3.23. The van der Waals surface area contributed by atoms with Gasteiger partial charge in [0.1, 0.15) is 5.75 Å². The number of nitrogens with zero attached hydrogens (tertiary/aromatic N) is 3. The van der Waals surface area contributed by atoms with E-state index in [1.54, 1.807) is 0 Å². The van der Waals surface area contributed by atoms with E-state index in [9.17, 15) is 0 Å². The number of fused-ring (bicyclic) bond motifs is 2. The lowest BCUT2D eigenvalue weighted by Crippen LogP contribution is -2.03. The highest BCUT2D eigenvalue weighted by Gasteiger charge is 2.27. The van der Waals surface area contributed by atoms with Gasteiger partial charge in [-0.3, -0.25) is 0 Å². The fourth-order valence-corrected chi connectivity index (χ4v) is 3.61. The number of aliphatic imine (C=N–C) groups is 1. The molecule has 4 nitrogen and oxygen atoms in total. The van der Waals surface area contributed by atoms with Gasteiger partial charge in [0.2, 0.25) is 5.88 Å². The topological polar surface area (TPSA) is 39.4 Å². The van der Waals surface area contributed by atoms with Gasteiger partial charge in [0.25, 0.3) is 0 Å². The molecule has 1 aromatic heterocycles. The first-order chi connectivity index (χ1) is 14.2. The van der Waals surface area contributed by atoms with E-state index < -0.39 is 0 Å². The summed E-state index contributed by atoms with van der Waals surface area (Å²) < 4.78 is 8.08. The highest BCUT2D eigenvalue weighted by molar-refractivity contribution is 5.82. The zero-order valence-corrected chi connectivity index (χ0v) is 16.5. The molecule has 3 aromatic carbocycles. The normalized spacial score (nSPS) is 12.5. The summed E-state index contributed by atoms with van der Waals surface area (Å²) >= 11 is 0. The number of rotatable bonds is 3. The molecule has 0 bridgehead atoms. The Morgan fingerprint density at radius 3 is 2.52 bits per heavy atom. The number of para-hydroxylation sites is 2. The van der Waals surface area contributed by atoms with Crippen LogP contribution in [0.15, 0.2) is 77.8 Å². The van der Waals surface area contributed by atoms with Gasteiger partial charge in [-0.2, -0.15) is 0 Å². The Morgan fingerprint density at radius 2 is 1.72 bits per heavy atom. The van der Waals surface area contributed by atoms with Crippen LogP contribution in [0.5, 0.6) is 11.6 Å². The molecule has 0 saturated heterocycles. The second kappa shape index (κ2) is 7.06. The number of aryl methyl sites for hydroxylation is 2. The Balaban J connectivity index is 1.63. The molecule has 4 heteroatoms. The number of hydrogen-bond acceptors (Lipinski definition) is 3. The van der Waals surface area contributed by atoms with Gasteiger partial charge in [0.15, 0.2) is 5.82 Å². The summed E-state index contributed by atoms with van der Waals surface area (Å²) in [4.78, 5) is 4.85. The molecule has 1 aliphatic rings. The molecule has 0 radical (unpaired) electrons. The van der Waals surface area contributed by atoms with Crippen molar-refractivity contribution in [1.29, 1.82) is 0 Å². The molecule has 0 N–H and O–H groups in total. The molecule has 4 aromatic rings. The van der Waals surface area contributed by atoms with E-state index in [4.69, 9.17) is 14.8 Å². The zero-order valence-electron chi connectivity index (χ0n) is 16.5. The molecule has 29 heavy (non-hydrogen) atoms. The van der Waals surface area contributed by atoms with Crippen molar-refractivity contribution < 1.29 is 4.74 Å². The second-order valence-corrected chi connectivity index (χ2v) is 7.37. The van der Waals surface area contributed by atoms with Crippen LogP contribution in [0, 0.1) is 13.8 Å². The number of hydrogen-bond donors (Lipinski definition) is 0. The van der Waals surface area contributed by atoms with E-state index >= 15 is 0 Å². The second-order valence-electron chi connectivity index (χ2n) is 7.37. The Bertz CT molecular complexity index is 1210. The first-order valence-corrected chi connectivity index (χ1v) is 9.73. The molecule has 0 unspecified atom stereocenters. The molecule has 5 rings (SSSR count). The van der Waals surface area contributed by atoms with Crippen LogP contribution in [0.25, 0.3) is 5.69 Å². The maximum absolute atomic E-state index is 6.21. The molecule has 0 amide bonds. The third-order valence-electron chi connectivity index (χ3n) is 5.19. The molecule has 0 saturated carbocycles. The maximum atomic E-state index is 6.21. The lowest BCUT2D eigenvalue weighted by molar-refractivity contribution is 0.435. The maximum Gasteiger partial charge on any atom is 0.244 e. The van der Waals surface area contributed by atoms with Gasteiger partial charge in [0, 0.05) is 12.6 Å². The van der Waals surface area contributed by atoms with E-state index in [0.717, 1.165) is 45.9 Å². The minimum Gasteiger partial charge on any atom is -0.437 e. The Labute approximate surface area is 170 Å². The smallest absolute Gasteiger partial charge is 0.244 e. The van der Waals surface area contributed by atoms with Crippen molar-refractivity contribution >= 4 is 12.0 Å². The highest BCUT2D eigenvalue weighted by atomic mass is 16.5. The van der Waals surface area contributed by atoms with E-state index in [-0.39, 0.29) is 0 Å². The van der Waals surface area contributed by atoms with Gasteiger partial charge >= 0.3 is 0 Å². The van der Waals surface area contributed by atoms with Crippen LogP contribution in [0.1, 0.15) is 27.8 Å². The summed E-state index contributed by atoms with van der Waals surface area (Å²) in [5.74, 6) is 2.34. The quantitative estimate of drug-likeness (QED) is 0.364. The molecular weight excluding hydrogens is 358 g/mol. The Hall–Kier alpha value is -3.66. The minimum absolute atomic E-state index is 0.631. The first-order valence-electron chi connectivity index (χ1n) is 9.73. The summed E-state index contributed by atoms with van der Waals surface area (Å²) in [5, 5.41) is 4.77. The van der Waals surface area contributed by atoms with E-state index in [2.05, 4.69) is 56.3 Å². The molecular formula is C25H21N3O. The largest absolute Gasteiger partial charge is 0.437 e. The van der Waals surface area contributed by atoms with Crippen LogP contribution < -0.4 is 4.74 Å². The van der Waals surface area contributed by atoms with Crippen molar-refractivity contribution in [2.24, 2.45) is 4.99 Å². The van der Waals surface area contributed by atoms with Gasteiger partial charge < -0.3 is 4.74 Å². The standard InChI is InChI=1S/C25H21N3O/c1-17-11-13-19(14-12-17)16-26-24-22-15-20-8-6-7-18(2)23(20)29-25(22)27-28(24)21-9-4-3-5-10-21/h3-14,16H,15H2,1-2H3/b26-16+. The average molecular weight is 379 g/mol. The van der Waals surface area contributed by atoms with E-state index in [1.165, 1.54) is 5.56 Å². The predicted molar refractivity (Wildman–Crippen MR) is 116 cm³/mol. The minimum atomic E-state index is 0.631. The molecule has 0 aliphatic carbocycles. The van der Waals surface area contributed by atoms with Crippen LogP contribution in [0.3, 0.4) is 0 Å². The highest BCUT2D eigenvalue weighted by Crippen LogP contribution is 2.42. The van der Waals surface area contributed by atoms with Gasteiger partial charge in [-0.05, 0) is 42.7 Å². The van der Waals surface area contributed by atoms with Crippen LogP contribution in [0.4, 0.5) is 5.82 Å². The van der Waals surface area contributed by atoms with Crippen molar-refractivity contribution in [3.63, 3.8) is 0 Å². The summed E-state index contributed by atoms with van der Waals surface area (Å²) in [7, 11) is 0. The molecule has 1 aliphatic heterocycles. The van der Waals surface area contributed by atoms with Crippen LogP contribution in [-0.2, 0) is 6.42 Å². The number of ether oxygens (including phenoxy) is 1. The summed E-state index contributed by atoms with van der Waals surface area (Å²) in [6.07, 6.45) is 2.64. The van der Waals surface area contributed by atoms with Crippen LogP contribution >= 0.6 is 0 Å². The molecule has 0 fully saturated rings. The van der Waals surface area contributed by atoms with Gasteiger partial charge in [0.05, 0.1) is 11.3 Å². The SMILES string of the molecule is Cc1ccc(/C=N/c2c3c(nn2-c2ccccc2)Oc2c(C)cccc2C3)cc1. The van der Waals surface area contributed by atoms with Crippen molar-refractivity contribution in [1.82, 2.24) is 9.78 Å². The summed E-state index contributed by atoms with van der Waals surface area (Å²) in [5.41, 5.74) is 6.54. The average Bonchev–Trinajstić information content (AvgIpc) is 3.10. The van der Waals surface area contributed by atoms with Crippen molar-refractivity contribution in [3.8, 4) is 17.3 Å². The molecule has 0 atom stereocenters. The van der Waals surface area contributed by atoms with Gasteiger partial charge in [-0.25, -0.2) is 9.67 Å². The molecule has 2 heterocycles. The van der Waals surface area contributed by atoms with Crippen molar-refractivity contribution in [3.05, 3.63) is 101 Å². The van der Waals surface area contributed by atoms with Crippen LogP contribution in [-0.4, -0.2) is 16.0 Å². The Kier molecular flexibility index (Phi) is 4.24. The number of benzene rings is 3. The first kappa shape index (κ1) is 17.4. The Morgan fingerprint density at radius 1 is 0.931 bits per heavy atom. The predicted octanol–water partition coefficient (Wildman–Crippen LogP) is 5.94. The lowest BCUT2D eigenvalue weighted by atomic mass is 10.0. The van der Waals surface area contributed by atoms with E-state index in [1.807, 2.05) is 41.2 Å². The summed E-state index contributed by atoms with van der Waals surface area (Å²) in [6, 6.07) is 24.6. The van der Waals surface area contributed by atoms with E-state index in [0.29, 0.717) is 5.88 Å². The third-order valence-corrected chi connectivity index (χ3v) is 5.19. The van der Waals surface area contributed by atoms with Crippen molar-refractivity contribution in [2.75, 3.05) is 0 Å². The van der Waals surface area contributed by atoms with Crippen LogP contribution in [0.2, 0.25) is 0 Å².